The summed E-state index contributed by atoms with van der Waals surface area (Å²) < 4.78 is 0. The molecule has 1 heterocycles. The Bertz CT molecular complexity index is 542. The first-order valence-corrected chi connectivity index (χ1v) is 6.21. The normalized spacial score (nSPS) is 10.3. The summed E-state index contributed by atoms with van der Waals surface area (Å²) in [4.78, 5) is 7.92. The second kappa shape index (κ2) is 5.69. The molecule has 0 unspecified atom stereocenters. The van der Waals surface area contributed by atoms with Crippen LogP contribution in [0.25, 0.3) is 0 Å². The maximum atomic E-state index is 5.82. The van der Waals surface area contributed by atoms with Crippen LogP contribution in [0.15, 0.2) is 30.5 Å². The van der Waals surface area contributed by atoms with Crippen LogP contribution in [0.1, 0.15) is 18.9 Å². The molecule has 5 heteroatoms. The van der Waals surface area contributed by atoms with Crippen molar-refractivity contribution in [1.29, 1.82) is 0 Å². The summed E-state index contributed by atoms with van der Waals surface area (Å²) >= 11 is 5.77. The van der Waals surface area contributed by atoms with Gasteiger partial charge in [-0.25, -0.2) is 4.98 Å². The molecular weight excluding hydrogens is 248 g/mol. The van der Waals surface area contributed by atoms with Gasteiger partial charge in [0.05, 0.1) is 11.9 Å². The molecule has 18 heavy (non-hydrogen) atoms. The second-order valence-electron chi connectivity index (χ2n) is 3.98. The molecule has 0 spiro atoms. The lowest BCUT2D eigenvalue weighted by atomic mass is 10.1. The Kier molecular flexibility index (Phi) is 3.99. The standard InChI is InChI=1S/C13H15ClN4/c1-2-5-9-6-3-4-7-11(9)17-12-10(15)8-16-13(14)18-12/h3-4,6-8H,2,5,15H2,1H3,(H,16,17,18). The fourth-order valence-electron chi connectivity index (χ4n) is 1.73. The number of aromatic nitrogens is 2. The Morgan fingerprint density at radius 1 is 1.33 bits per heavy atom. The van der Waals surface area contributed by atoms with E-state index in [0.717, 1.165) is 18.5 Å². The van der Waals surface area contributed by atoms with E-state index in [-0.39, 0.29) is 5.28 Å². The fraction of sp³-hybridized carbons (Fsp3) is 0.231. The van der Waals surface area contributed by atoms with E-state index in [2.05, 4.69) is 28.3 Å². The van der Waals surface area contributed by atoms with E-state index in [0.29, 0.717) is 11.5 Å². The molecule has 0 aliphatic carbocycles. The first-order valence-electron chi connectivity index (χ1n) is 5.83. The van der Waals surface area contributed by atoms with Gasteiger partial charge in [-0.3, -0.25) is 0 Å². The van der Waals surface area contributed by atoms with Crippen molar-refractivity contribution in [3.8, 4) is 0 Å². The topological polar surface area (TPSA) is 63.8 Å². The maximum absolute atomic E-state index is 5.82. The van der Waals surface area contributed by atoms with Crippen molar-refractivity contribution < 1.29 is 0 Å². The smallest absolute Gasteiger partial charge is 0.224 e. The van der Waals surface area contributed by atoms with Gasteiger partial charge in [0, 0.05) is 5.69 Å². The molecule has 0 atom stereocenters. The maximum Gasteiger partial charge on any atom is 0.224 e. The molecule has 1 aromatic heterocycles. The molecular formula is C13H15ClN4. The Labute approximate surface area is 111 Å². The molecule has 0 amide bonds. The Morgan fingerprint density at radius 3 is 2.89 bits per heavy atom. The van der Waals surface area contributed by atoms with Crippen LogP contribution in [-0.2, 0) is 6.42 Å². The van der Waals surface area contributed by atoms with Gasteiger partial charge in [0.1, 0.15) is 0 Å². The van der Waals surface area contributed by atoms with E-state index < -0.39 is 0 Å². The summed E-state index contributed by atoms with van der Waals surface area (Å²) in [7, 11) is 0. The zero-order valence-corrected chi connectivity index (χ0v) is 10.9. The molecule has 94 valence electrons. The highest BCUT2D eigenvalue weighted by Gasteiger charge is 2.06. The van der Waals surface area contributed by atoms with Crippen molar-refractivity contribution in [3.63, 3.8) is 0 Å². The fourth-order valence-corrected chi connectivity index (χ4v) is 1.86. The van der Waals surface area contributed by atoms with E-state index >= 15 is 0 Å². The zero-order chi connectivity index (χ0) is 13.0. The van der Waals surface area contributed by atoms with Crippen LogP contribution in [-0.4, -0.2) is 9.97 Å². The SMILES string of the molecule is CCCc1ccccc1Nc1nc(Cl)ncc1N. The number of halogens is 1. The van der Waals surface area contributed by atoms with Gasteiger partial charge in [0.2, 0.25) is 5.28 Å². The van der Waals surface area contributed by atoms with Crippen LogP contribution in [0.5, 0.6) is 0 Å². The summed E-state index contributed by atoms with van der Waals surface area (Å²) in [5.74, 6) is 0.540. The van der Waals surface area contributed by atoms with Crippen LogP contribution in [0, 0.1) is 0 Å². The number of hydrogen-bond acceptors (Lipinski definition) is 4. The minimum Gasteiger partial charge on any atom is -0.394 e. The summed E-state index contributed by atoms with van der Waals surface area (Å²) in [6, 6.07) is 8.08. The molecule has 0 fully saturated rings. The number of rotatable bonds is 4. The van der Waals surface area contributed by atoms with Crippen LogP contribution < -0.4 is 11.1 Å². The molecule has 0 aliphatic heterocycles. The molecule has 0 saturated heterocycles. The Hall–Kier alpha value is -1.81. The number of aryl methyl sites for hydroxylation is 1. The van der Waals surface area contributed by atoms with Gasteiger partial charge in [-0.1, -0.05) is 31.5 Å². The summed E-state index contributed by atoms with van der Waals surface area (Å²) in [5, 5.41) is 3.39. The van der Waals surface area contributed by atoms with Crippen molar-refractivity contribution in [1.82, 2.24) is 9.97 Å². The van der Waals surface area contributed by atoms with Crippen molar-refractivity contribution in [3.05, 3.63) is 41.3 Å². The first kappa shape index (κ1) is 12.6. The van der Waals surface area contributed by atoms with Gasteiger partial charge in [-0.15, -0.1) is 0 Å². The first-order chi connectivity index (χ1) is 8.70. The van der Waals surface area contributed by atoms with E-state index in [9.17, 15) is 0 Å². The number of benzene rings is 1. The van der Waals surface area contributed by atoms with Gasteiger partial charge >= 0.3 is 0 Å². The highest BCUT2D eigenvalue weighted by Crippen LogP contribution is 2.24. The minimum atomic E-state index is 0.180. The second-order valence-corrected chi connectivity index (χ2v) is 4.31. The summed E-state index contributed by atoms with van der Waals surface area (Å²) in [6.45, 7) is 2.15. The van der Waals surface area contributed by atoms with E-state index in [4.69, 9.17) is 17.3 Å². The number of nitrogens with zero attached hydrogens (tertiary/aromatic N) is 2. The summed E-state index contributed by atoms with van der Waals surface area (Å²) in [6.07, 6.45) is 3.58. The number of para-hydroxylation sites is 1. The van der Waals surface area contributed by atoms with Gasteiger partial charge in [0.25, 0.3) is 0 Å². The average molecular weight is 263 g/mol. The van der Waals surface area contributed by atoms with Gasteiger partial charge < -0.3 is 11.1 Å². The highest BCUT2D eigenvalue weighted by molar-refractivity contribution is 6.28. The lowest BCUT2D eigenvalue weighted by molar-refractivity contribution is 0.923. The largest absolute Gasteiger partial charge is 0.394 e. The van der Waals surface area contributed by atoms with E-state index in [1.807, 2.05) is 18.2 Å². The molecule has 0 bridgehead atoms. The summed E-state index contributed by atoms with van der Waals surface area (Å²) in [5.41, 5.74) is 8.52. The number of nitrogens with one attached hydrogen (secondary N) is 1. The molecule has 2 aromatic rings. The lowest BCUT2D eigenvalue weighted by Gasteiger charge is -2.12. The minimum absolute atomic E-state index is 0.180. The van der Waals surface area contributed by atoms with Crippen molar-refractivity contribution in [2.24, 2.45) is 0 Å². The van der Waals surface area contributed by atoms with Gasteiger partial charge in [-0.05, 0) is 29.7 Å². The molecule has 0 aliphatic rings. The molecule has 0 radical (unpaired) electrons. The predicted octanol–water partition coefficient (Wildman–Crippen LogP) is 3.41. The van der Waals surface area contributed by atoms with Gasteiger partial charge in [-0.2, -0.15) is 4.98 Å². The van der Waals surface area contributed by atoms with E-state index in [1.54, 1.807) is 0 Å². The van der Waals surface area contributed by atoms with Crippen LogP contribution in [0.2, 0.25) is 5.28 Å². The third kappa shape index (κ3) is 2.90. The Morgan fingerprint density at radius 2 is 2.11 bits per heavy atom. The third-order valence-corrected chi connectivity index (χ3v) is 2.76. The number of anilines is 3. The predicted molar refractivity (Wildman–Crippen MR) is 75.2 cm³/mol. The monoisotopic (exact) mass is 262 g/mol. The molecule has 1 aromatic carbocycles. The number of hydrogen-bond donors (Lipinski definition) is 2. The molecule has 3 N–H and O–H groups in total. The zero-order valence-electron chi connectivity index (χ0n) is 10.2. The molecule has 0 saturated carbocycles. The number of nitrogens with two attached hydrogens (primary N) is 1. The highest BCUT2D eigenvalue weighted by atomic mass is 35.5. The van der Waals surface area contributed by atoms with Crippen LogP contribution in [0.4, 0.5) is 17.2 Å². The van der Waals surface area contributed by atoms with Crippen LogP contribution >= 0.6 is 11.6 Å². The number of nitrogen functional groups attached to an aromatic ring is 1. The van der Waals surface area contributed by atoms with Gasteiger partial charge in [0.15, 0.2) is 5.82 Å². The molecule has 4 nitrogen and oxygen atoms in total. The van der Waals surface area contributed by atoms with Crippen molar-refractivity contribution in [2.45, 2.75) is 19.8 Å². The lowest BCUT2D eigenvalue weighted by Crippen LogP contribution is -2.02. The molecule has 2 rings (SSSR count). The average Bonchev–Trinajstić information content (AvgIpc) is 2.36. The van der Waals surface area contributed by atoms with Crippen molar-refractivity contribution in [2.75, 3.05) is 11.1 Å². The van der Waals surface area contributed by atoms with Crippen molar-refractivity contribution >= 4 is 28.8 Å². The van der Waals surface area contributed by atoms with E-state index in [1.165, 1.54) is 11.8 Å². The third-order valence-electron chi connectivity index (χ3n) is 2.58. The van der Waals surface area contributed by atoms with Crippen LogP contribution in [0.3, 0.4) is 0 Å². The Balaban J connectivity index is 2.30. The quantitative estimate of drug-likeness (QED) is 0.829.